The van der Waals surface area contributed by atoms with Gasteiger partial charge >= 0.3 is 0 Å². The minimum atomic E-state index is 0.251. The summed E-state index contributed by atoms with van der Waals surface area (Å²) in [4.78, 5) is 2.40. The lowest BCUT2D eigenvalue weighted by Crippen LogP contribution is -2.55. The molecule has 4 bridgehead atoms. The molecule has 1 heterocycles. The maximum atomic E-state index is 2.62. The fourth-order valence-corrected chi connectivity index (χ4v) is 15.2. The topological polar surface area (TPSA) is 8.17 Å². The van der Waals surface area contributed by atoms with Crippen molar-refractivity contribution in [2.24, 2.45) is 23.7 Å². The van der Waals surface area contributed by atoms with Gasteiger partial charge in [0, 0.05) is 44.9 Å². The fourth-order valence-electron chi connectivity index (χ4n) is 15.2. The van der Waals surface area contributed by atoms with Crippen LogP contribution in [0, 0.1) is 23.7 Å². The zero-order chi connectivity index (χ0) is 47.3. The van der Waals surface area contributed by atoms with Crippen molar-refractivity contribution in [3.05, 3.63) is 253 Å². The molecule has 0 aliphatic heterocycles. The highest BCUT2D eigenvalue weighted by molar-refractivity contribution is 6.10. The lowest BCUT2D eigenvalue weighted by Gasteiger charge is -2.61. The van der Waals surface area contributed by atoms with Crippen molar-refractivity contribution in [2.75, 3.05) is 4.90 Å². The van der Waals surface area contributed by atoms with Gasteiger partial charge in [-0.2, -0.15) is 0 Å². The van der Waals surface area contributed by atoms with Crippen LogP contribution in [-0.4, -0.2) is 4.57 Å². The van der Waals surface area contributed by atoms with Gasteiger partial charge in [-0.15, -0.1) is 0 Å². The van der Waals surface area contributed by atoms with Gasteiger partial charge < -0.3 is 9.47 Å². The molecule has 6 aliphatic rings. The van der Waals surface area contributed by atoms with Gasteiger partial charge in [-0.1, -0.05) is 182 Å². The molecule has 1 spiro atoms. The van der Waals surface area contributed by atoms with Crippen molar-refractivity contribution >= 4 is 38.9 Å². The Morgan fingerprint density at radius 3 is 1.69 bits per heavy atom. The smallest absolute Gasteiger partial charge is 0.0561 e. The molecule has 10 aromatic rings. The zero-order valence-electron chi connectivity index (χ0n) is 40.5. The molecule has 0 N–H and O–H groups in total. The highest BCUT2D eigenvalue weighted by atomic mass is 15.1. The Hall–Kier alpha value is -7.94. The molecule has 16 rings (SSSR count). The molecule has 4 fully saturated rings. The number of hydrogen-bond donors (Lipinski definition) is 0. The molecule has 2 heteroatoms. The molecule has 2 nitrogen and oxygen atoms in total. The van der Waals surface area contributed by atoms with E-state index in [1.54, 1.807) is 16.7 Å². The summed E-state index contributed by atoms with van der Waals surface area (Å²) in [6, 6.07) is 81.4. The van der Waals surface area contributed by atoms with Crippen molar-refractivity contribution in [2.45, 2.75) is 49.9 Å². The Morgan fingerprint density at radius 2 is 0.972 bits per heavy atom. The summed E-state index contributed by atoms with van der Waals surface area (Å²) in [5, 5.41) is 2.49. The number of benzene rings is 9. The predicted octanol–water partition coefficient (Wildman–Crippen LogP) is 18.6. The summed E-state index contributed by atoms with van der Waals surface area (Å²) >= 11 is 0. The average Bonchev–Trinajstić information content (AvgIpc) is 3.94. The van der Waals surface area contributed by atoms with E-state index in [1.165, 1.54) is 98.4 Å². The lowest BCUT2D eigenvalue weighted by molar-refractivity contribution is -0.0423. The van der Waals surface area contributed by atoms with Crippen LogP contribution in [-0.2, 0) is 5.41 Å². The third kappa shape index (κ3) is 6.47. The van der Waals surface area contributed by atoms with Gasteiger partial charge in [0.15, 0.2) is 0 Å². The van der Waals surface area contributed by atoms with Crippen molar-refractivity contribution in [1.29, 1.82) is 0 Å². The summed E-state index contributed by atoms with van der Waals surface area (Å²) in [6.45, 7) is 0. The number of anilines is 3. The maximum Gasteiger partial charge on any atom is 0.0561 e. The van der Waals surface area contributed by atoms with Crippen LogP contribution in [0.2, 0.25) is 0 Å². The number of hydrogen-bond acceptors (Lipinski definition) is 1. The summed E-state index contributed by atoms with van der Waals surface area (Å²) in [7, 11) is 0. The first-order valence-corrected chi connectivity index (χ1v) is 26.5. The minimum absolute atomic E-state index is 0.251. The lowest BCUT2D eigenvalue weighted by atomic mass is 9.42. The Bertz CT molecular complexity index is 3750. The first-order valence-electron chi connectivity index (χ1n) is 26.5. The average molecular weight is 925 g/mol. The second-order valence-electron chi connectivity index (χ2n) is 21.6. The molecule has 1 aromatic heterocycles. The van der Waals surface area contributed by atoms with Crippen LogP contribution in [0.15, 0.2) is 242 Å². The number of fused-ring (bicyclic) bond motifs is 6. The van der Waals surface area contributed by atoms with Gasteiger partial charge in [-0.25, -0.2) is 0 Å². The van der Waals surface area contributed by atoms with Crippen LogP contribution in [0.4, 0.5) is 17.1 Å². The number of allylic oxidation sites excluding steroid dienone is 4. The SMILES string of the molecule is C1=CCC2C(=C1)C1(c3ccc(-c4ccccc4-c4cccc(-c5ccc(N(c6ccc(-c7ccccc7)cc6)c6ccc7c8ccccc8n(-c8ccccc8)c7c6)cc5)c4)cc32)C2CC3CC(C2)CC1C3. The van der Waals surface area contributed by atoms with E-state index in [-0.39, 0.29) is 5.41 Å². The number of para-hydroxylation sites is 2. The first-order chi connectivity index (χ1) is 35.7. The van der Waals surface area contributed by atoms with Crippen molar-refractivity contribution in [1.82, 2.24) is 4.57 Å². The van der Waals surface area contributed by atoms with Crippen LogP contribution in [0.3, 0.4) is 0 Å². The Labute approximate surface area is 423 Å². The van der Waals surface area contributed by atoms with E-state index >= 15 is 0 Å². The Morgan fingerprint density at radius 1 is 0.417 bits per heavy atom. The molecule has 346 valence electrons. The second-order valence-corrected chi connectivity index (χ2v) is 21.6. The van der Waals surface area contributed by atoms with Crippen molar-refractivity contribution in [3.8, 4) is 50.2 Å². The molecular weight excluding hydrogens is 869 g/mol. The van der Waals surface area contributed by atoms with Crippen LogP contribution in [0.5, 0.6) is 0 Å². The molecule has 0 radical (unpaired) electrons. The Kier molecular flexibility index (Phi) is 9.62. The largest absolute Gasteiger partial charge is 0.310 e. The minimum Gasteiger partial charge on any atom is -0.310 e. The number of rotatable bonds is 8. The van der Waals surface area contributed by atoms with Gasteiger partial charge in [-0.05, 0) is 178 Å². The molecule has 9 aromatic carbocycles. The van der Waals surface area contributed by atoms with Gasteiger partial charge in [0.1, 0.15) is 0 Å². The molecular formula is C70H56N2. The van der Waals surface area contributed by atoms with Crippen LogP contribution in [0.25, 0.3) is 72.0 Å². The van der Waals surface area contributed by atoms with Gasteiger partial charge in [0.05, 0.1) is 11.0 Å². The van der Waals surface area contributed by atoms with E-state index in [1.807, 2.05) is 0 Å². The molecule has 72 heavy (non-hydrogen) atoms. The molecule has 0 amide bonds. The van der Waals surface area contributed by atoms with E-state index in [0.29, 0.717) is 5.92 Å². The zero-order valence-corrected chi connectivity index (χ0v) is 40.5. The maximum absolute atomic E-state index is 2.62. The van der Waals surface area contributed by atoms with Gasteiger partial charge in [0.25, 0.3) is 0 Å². The number of nitrogens with zero attached hydrogens (tertiary/aromatic N) is 2. The van der Waals surface area contributed by atoms with Crippen molar-refractivity contribution < 1.29 is 0 Å². The molecule has 1 unspecified atom stereocenters. The quantitative estimate of drug-likeness (QED) is 0.147. The third-order valence-corrected chi connectivity index (χ3v) is 18.0. The second kappa shape index (κ2) is 16.6. The molecule has 6 aliphatic carbocycles. The van der Waals surface area contributed by atoms with Crippen LogP contribution in [0.1, 0.15) is 55.6 Å². The van der Waals surface area contributed by atoms with E-state index in [0.717, 1.165) is 52.8 Å². The van der Waals surface area contributed by atoms with Gasteiger partial charge in [-0.3, -0.25) is 0 Å². The Balaban J connectivity index is 0.793. The molecule has 0 saturated heterocycles. The van der Waals surface area contributed by atoms with Gasteiger partial charge in [0.2, 0.25) is 0 Å². The van der Waals surface area contributed by atoms with E-state index in [9.17, 15) is 0 Å². The van der Waals surface area contributed by atoms with Crippen LogP contribution >= 0.6 is 0 Å². The molecule has 4 saturated carbocycles. The monoisotopic (exact) mass is 924 g/mol. The highest BCUT2D eigenvalue weighted by Crippen LogP contribution is 2.71. The summed E-state index contributed by atoms with van der Waals surface area (Å²) < 4.78 is 2.41. The third-order valence-electron chi connectivity index (χ3n) is 18.0. The van der Waals surface area contributed by atoms with Crippen LogP contribution < -0.4 is 4.90 Å². The number of aromatic nitrogens is 1. The predicted molar refractivity (Wildman–Crippen MR) is 301 cm³/mol. The normalized spacial score (nSPS) is 22.3. The van der Waals surface area contributed by atoms with E-state index in [4.69, 9.17) is 0 Å². The first kappa shape index (κ1) is 41.8. The van der Waals surface area contributed by atoms with Crippen molar-refractivity contribution in [3.63, 3.8) is 0 Å². The summed E-state index contributed by atoms with van der Waals surface area (Å²) in [5.74, 6) is 4.04. The summed E-state index contributed by atoms with van der Waals surface area (Å²) in [6.07, 6.45) is 15.7. The van der Waals surface area contributed by atoms with E-state index < -0.39 is 0 Å². The van der Waals surface area contributed by atoms with E-state index in [2.05, 4.69) is 246 Å². The standard InChI is InChI=1S/C70H56N2/c1-3-14-48(15-4-1)49-26-31-57(32-27-49)71(59-35-36-64-63-23-10-12-25-68(63)72(69(64)45-59)56-18-5-2-6-19-56)58-33-28-50(29-34-58)51-16-13-17-52(43-51)60-20-7-8-21-61(60)53-30-37-67-65(44-53)62-22-9-11-24-66(62)70(67)54-39-46-38-47(41-54)42-55(70)40-46/h1-21,23-37,43-47,54-55,62H,22,38-42H2. The fraction of sp³-hybridized carbons (Fsp3) is 0.171. The highest BCUT2D eigenvalue weighted by Gasteiger charge is 2.63. The molecule has 1 atom stereocenters. The summed E-state index contributed by atoms with van der Waals surface area (Å²) in [5.41, 5.74) is 22.2.